The lowest BCUT2D eigenvalue weighted by atomic mass is 10.2. The van der Waals surface area contributed by atoms with Crippen LogP contribution in [-0.2, 0) is 4.74 Å². The number of nitrogens with one attached hydrogen (secondary N) is 2. The molecular formula is C10H14N2O4. The number of hydrogen-bond donors (Lipinski definition) is 4. The van der Waals surface area contributed by atoms with Gasteiger partial charge >= 0.3 is 6.09 Å². The standard InChI is InChI=1S/C10H14N2O4/c1-16-10(15)12-8-3-2-7(6-9(8)14)11-4-5-13/h2-3,6,11,13-14H,4-5H2,1H3,(H,12,15). The first-order valence-corrected chi connectivity index (χ1v) is 4.70. The van der Waals surface area contributed by atoms with E-state index in [9.17, 15) is 9.90 Å². The Labute approximate surface area is 92.9 Å². The van der Waals surface area contributed by atoms with Crippen LogP contribution in [0.1, 0.15) is 0 Å². The maximum atomic E-state index is 10.9. The molecule has 88 valence electrons. The highest BCUT2D eigenvalue weighted by Gasteiger charge is 2.06. The lowest BCUT2D eigenvalue weighted by Gasteiger charge is -2.09. The van der Waals surface area contributed by atoms with Gasteiger partial charge in [0, 0.05) is 18.3 Å². The predicted molar refractivity (Wildman–Crippen MR) is 59.7 cm³/mol. The number of methoxy groups -OCH3 is 1. The quantitative estimate of drug-likeness (QED) is 0.574. The number of phenolic OH excluding ortho intramolecular Hbond substituents is 1. The summed E-state index contributed by atoms with van der Waals surface area (Å²) in [5.74, 6) is -0.0756. The topological polar surface area (TPSA) is 90.8 Å². The molecule has 6 nitrogen and oxygen atoms in total. The molecule has 0 aliphatic rings. The van der Waals surface area contributed by atoms with Gasteiger partial charge in [0.1, 0.15) is 5.75 Å². The molecule has 1 amide bonds. The van der Waals surface area contributed by atoms with Gasteiger partial charge in [-0.2, -0.15) is 0 Å². The van der Waals surface area contributed by atoms with E-state index in [4.69, 9.17) is 5.11 Å². The van der Waals surface area contributed by atoms with Crippen molar-refractivity contribution in [2.24, 2.45) is 0 Å². The van der Waals surface area contributed by atoms with Crippen LogP contribution in [0.3, 0.4) is 0 Å². The second-order valence-electron chi connectivity index (χ2n) is 3.00. The minimum absolute atomic E-state index is 0.00290. The van der Waals surface area contributed by atoms with E-state index in [2.05, 4.69) is 15.4 Å². The second-order valence-corrected chi connectivity index (χ2v) is 3.00. The molecule has 0 heterocycles. The van der Waals surface area contributed by atoms with Crippen LogP contribution in [0.25, 0.3) is 0 Å². The Morgan fingerprint density at radius 2 is 2.25 bits per heavy atom. The minimum Gasteiger partial charge on any atom is -0.506 e. The van der Waals surface area contributed by atoms with E-state index in [0.29, 0.717) is 12.2 Å². The SMILES string of the molecule is COC(=O)Nc1ccc(NCCO)cc1O. The van der Waals surface area contributed by atoms with Crippen LogP contribution in [0.4, 0.5) is 16.2 Å². The van der Waals surface area contributed by atoms with Crippen molar-refractivity contribution in [3.8, 4) is 5.75 Å². The molecule has 0 radical (unpaired) electrons. The van der Waals surface area contributed by atoms with E-state index in [0.717, 1.165) is 0 Å². The first-order valence-electron chi connectivity index (χ1n) is 4.70. The Morgan fingerprint density at radius 3 is 2.81 bits per heavy atom. The number of aromatic hydroxyl groups is 1. The molecule has 0 spiro atoms. The highest BCUT2D eigenvalue weighted by molar-refractivity contribution is 5.87. The van der Waals surface area contributed by atoms with Gasteiger partial charge in [0.25, 0.3) is 0 Å². The molecule has 16 heavy (non-hydrogen) atoms. The number of benzene rings is 1. The summed E-state index contributed by atoms with van der Waals surface area (Å²) in [5, 5.41) is 23.4. The van der Waals surface area contributed by atoms with Crippen LogP contribution < -0.4 is 10.6 Å². The number of carbonyl (C=O) groups is 1. The Hall–Kier alpha value is -1.95. The lowest BCUT2D eigenvalue weighted by Crippen LogP contribution is -2.11. The van der Waals surface area contributed by atoms with Crippen LogP contribution in [0.2, 0.25) is 0 Å². The van der Waals surface area contributed by atoms with Gasteiger partial charge in [0.2, 0.25) is 0 Å². The Balaban J connectivity index is 2.71. The first-order chi connectivity index (χ1) is 7.67. The fraction of sp³-hybridized carbons (Fsp3) is 0.300. The summed E-state index contributed by atoms with van der Waals surface area (Å²) in [5.41, 5.74) is 0.920. The van der Waals surface area contributed by atoms with Crippen LogP contribution >= 0.6 is 0 Å². The smallest absolute Gasteiger partial charge is 0.411 e. The van der Waals surface area contributed by atoms with Gasteiger partial charge in [0.05, 0.1) is 19.4 Å². The van der Waals surface area contributed by atoms with E-state index in [1.807, 2.05) is 0 Å². The van der Waals surface area contributed by atoms with Gasteiger partial charge in [-0.15, -0.1) is 0 Å². The predicted octanol–water partition coefficient (Wildman–Crippen LogP) is 0.975. The van der Waals surface area contributed by atoms with E-state index >= 15 is 0 Å². The number of aliphatic hydroxyl groups excluding tert-OH is 1. The van der Waals surface area contributed by atoms with Crippen LogP contribution in [0, 0.1) is 0 Å². The van der Waals surface area contributed by atoms with Crippen molar-refractivity contribution in [1.82, 2.24) is 0 Å². The van der Waals surface area contributed by atoms with Gasteiger partial charge in [-0.3, -0.25) is 5.32 Å². The van der Waals surface area contributed by atoms with E-state index < -0.39 is 6.09 Å². The van der Waals surface area contributed by atoms with Crippen molar-refractivity contribution in [3.05, 3.63) is 18.2 Å². The largest absolute Gasteiger partial charge is 0.506 e. The average molecular weight is 226 g/mol. The molecule has 1 aromatic rings. The molecule has 0 saturated carbocycles. The molecule has 4 N–H and O–H groups in total. The fourth-order valence-corrected chi connectivity index (χ4v) is 1.11. The van der Waals surface area contributed by atoms with Gasteiger partial charge in [-0.05, 0) is 12.1 Å². The van der Waals surface area contributed by atoms with Crippen molar-refractivity contribution >= 4 is 17.5 Å². The molecule has 0 aromatic heterocycles. The third-order valence-corrected chi connectivity index (χ3v) is 1.86. The number of carbonyl (C=O) groups excluding carboxylic acids is 1. The summed E-state index contributed by atoms with van der Waals surface area (Å²) >= 11 is 0. The molecule has 0 unspecified atom stereocenters. The summed E-state index contributed by atoms with van der Waals surface area (Å²) < 4.78 is 4.39. The maximum Gasteiger partial charge on any atom is 0.411 e. The number of hydrogen-bond acceptors (Lipinski definition) is 5. The lowest BCUT2D eigenvalue weighted by molar-refractivity contribution is 0.187. The molecule has 0 saturated heterocycles. The minimum atomic E-state index is -0.647. The molecule has 1 rings (SSSR count). The summed E-state index contributed by atoms with van der Waals surface area (Å²) in [7, 11) is 1.24. The van der Waals surface area contributed by atoms with Gasteiger partial charge in [-0.1, -0.05) is 0 Å². The molecule has 0 aliphatic carbocycles. The normalized spacial score (nSPS) is 9.62. The summed E-state index contributed by atoms with van der Waals surface area (Å²) in [6.07, 6.45) is -0.647. The molecule has 0 atom stereocenters. The number of phenols is 1. The highest BCUT2D eigenvalue weighted by Crippen LogP contribution is 2.26. The Morgan fingerprint density at radius 1 is 1.50 bits per heavy atom. The zero-order valence-corrected chi connectivity index (χ0v) is 8.86. The molecule has 6 heteroatoms. The van der Waals surface area contributed by atoms with Crippen molar-refractivity contribution in [2.45, 2.75) is 0 Å². The number of ether oxygens (including phenoxy) is 1. The summed E-state index contributed by atoms with van der Waals surface area (Å²) in [6.45, 7) is 0.395. The van der Waals surface area contributed by atoms with Crippen LogP contribution in [-0.4, -0.2) is 36.6 Å². The van der Waals surface area contributed by atoms with E-state index in [1.54, 1.807) is 6.07 Å². The Bertz CT molecular complexity index is 368. The molecule has 0 bridgehead atoms. The third kappa shape index (κ3) is 3.32. The third-order valence-electron chi connectivity index (χ3n) is 1.86. The molecular weight excluding hydrogens is 212 g/mol. The maximum absolute atomic E-state index is 10.9. The van der Waals surface area contributed by atoms with E-state index in [1.165, 1.54) is 19.2 Å². The first kappa shape index (κ1) is 12.1. The molecule has 0 fully saturated rings. The number of aliphatic hydroxyl groups is 1. The number of anilines is 2. The van der Waals surface area contributed by atoms with Gasteiger partial charge in [0.15, 0.2) is 0 Å². The number of amides is 1. The molecule has 1 aromatic carbocycles. The zero-order valence-electron chi connectivity index (χ0n) is 8.86. The Kier molecular flexibility index (Phi) is 4.41. The monoisotopic (exact) mass is 226 g/mol. The highest BCUT2D eigenvalue weighted by atomic mass is 16.5. The summed E-state index contributed by atoms with van der Waals surface area (Å²) in [4.78, 5) is 10.9. The summed E-state index contributed by atoms with van der Waals surface area (Å²) in [6, 6.07) is 4.65. The van der Waals surface area contributed by atoms with Gasteiger partial charge < -0.3 is 20.3 Å². The van der Waals surface area contributed by atoms with Gasteiger partial charge in [-0.25, -0.2) is 4.79 Å². The van der Waals surface area contributed by atoms with E-state index in [-0.39, 0.29) is 18.0 Å². The second kappa shape index (κ2) is 5.82. The van der Waals surface area contributed by atoms with Crippen LogP contribution in [0.15, 0.2) is 18.2 Å². The van der Waals surface area contributed by atoms with Crippen molar-refractivity contribution < 1.29 is 19.7 Å². The average Bonchev–Trinajstić information content (AvgIpc) is 2.29. The van der Waals surface area contributed by atoms with Crippen molar-refractivity contribution in [2.75, 3.05) is 30.9 Å². The fourth-order valence-electron chi connectivity index (χ4n) is 1.11. The van der Waals surface area contributed by atoms with Crippen LogP contribution in [0.5, 0.6) is 5.75 Å². The van der Waals surface area contributed by atoms with Crippen molar-refractivity contribution in [1.29, 1.82) is 0 Å². The van der Waals surface area contributed by atoms with Crippen molar-refractivity contribution in [3.63, 3.8) is 0 Å². The zero-order chi connectivity index (χ0) is 12.0. The molecule has 0 aliphatic heterocycles. The number of rotatable bonds is 4.